The predicted molar refractivity (Wildman–Crippen MR) is 63.4 cm³/mol. The van der Waals surface area contributed by atoms with Gasteiger partial charge >= 0.3 is 6.09 Å². The summed E-state index contributed by atoms with van der Waals surface area (Å²) in [5, 5.41) is 6.13. The summed E-state index contributed by atoms with van der Waals surface area (Å²) in [6.45, 7) is 3.38. The van der Waals surface area contributed by atoms with Crippen LogP contribution in [0.4, 0.5) is 4.79 Å². The highest BCUT2D eigenvalue weighted by molar-refractivity contribution is 6.64. The molecule has 16 heavy (non-hydrogen) atoms. The van der Waals surface area contributed by atoms with Crippen LogP contribution in [0.5, 0.6) is 0 Å². The van der Waals surface area contributed by atoms with Crippen LogP contribution in [0.3, 0.4) is 0 Å². The molecule has 0 bridgehead atoms. The molecular formula is C11H13ClN2O2. The largest absolute Gasteiger partial charge is 0.433 e. The van der Waals surface area contributed by atoms with E-state index < -0.39 is 6.09 Å². The van der Waals surface area contributed by atoms with Gasteiger partial charge in [-0.3, -0.25) is 4.84 Å². The minimum atomic E-state index is -0.628. The third kappa shape index (κ3) is 4.31. The molecule has 0 saturated carbocycles. The van der Waals surface area contributed by atoms with Gasteiger partial charge in [-0.2, -0.15) is 0 Å². The second-order valence-electron chi connectivity index (χ2n) is 3.24. The van der Waals surface area contributed by atoms with Crippen LogP contribution in [-0.2, 0) is 4.84 Å². The van der Waals surface area contributed by atoms with Crippen molar-refractivity contribution < 1.29 is 9.63 Å². The van der Waals surface area contributed by atoms with Crippen molar-refractivity contribution in [3.8, 4) is 0 Å². The second kappa shape index (κ2) is 6.12. The lowest BCUT2D eigenvalue weighted by Crippen LogP contribution is -2.26. The van der Waals surface area contributed by atoms with Crippen molar-refractivity contribution in [1.29, 1.82) is 0 Å². The Morgan fingerprint density at radius 3 is 2.62 bits per heavy atom. The Morgan fingerprint density at radius 1 is 1.44 bits per heavy atom. The zero-order valence-corrected chi connectivity index (χ0v) is 9.86. The second-order valence-corrected chi connectivity index (χ2v) is 3.79. The summed E-state index contributed by atoms with van der Waals surface area (Å²) in [7, 11) is 0. The van der Waals surface area contributed by atoms with Crippen LogP contribution in [0.2, 0.25) is 0 Å². The van der Waals surface area contributed by atoms with Gasteiger partial charge in [-0.05, 0) is 19.4 Å². The van der Waals surface area contributed by atoms with E-state index in [4.69, 9.17) is 11.6 Å². The standard InChI is InChI=1S/C11H13ClN2O2/c1-8(10-6-4-3-5-7-10)13-11(15)16-14-9(2)12/h3-8H,1-2H3,(H,13,15)/b14-9-. The van der Waals surface area contributed by atoms with Gasteiger partial charge < -0.3 is 5.32 Å². The fourth-order valence-electron chi connectivity index (χ4n) is 1.13. The van der Waals surface area contributed by atoms with Gasteiger partial charge in [0, 0.05) is 0 Å². The SMILES string of the molecule is C/C(Cl)=N/OC(=O)NC(C)c1ccccc1. The minimum Gasteiger partial charge on any atom is -0.313 e. The molecule has 1 aromatic carbocycles. The van der Waals surface area contributed by atoms with Gasteiger partial charge in [0.15, 0.2) is 0 Å². The first-order chi connectivity index (χ1) is 7.59. The number of amides is 1. The molecule has 1 N–H and O–H groups in total. The molecule has 0 saturated heterocycles. The average Bonchev–Trinajstić information content (AvgIpc) is 2.27. The lowest BCUT2D eigenvalue weighted by Gasteiger charge is -2.12. The van der Waals surface area contributed by atoms with E-state index in [2.05, 4.69) is 15.3 Å². The van der Waals surface area contributed by atoms with Crippen LogP contribution in [0.1, 0.15) is 25.5 Å². The lowest BCUT2D eigenvalue weighted by molar-refractivity contribution is 0.147. The van der Waals surface area contributed by atoms with Gasteiger partial charge in [0.1, 0.15) is 5.17 Å². The molecule has 1 aromatic rings. The molecule has 0 aromatic heterocycles. The van der Waals surface area contributed by atoms with Crippen LogP contribution in [0.25, 0.3) is 0 Å². The molecule has 5 heteroatoms. The van der Waals surface area contributed by atoms with E-state index in [0.717, 1.165) is 5.56 Å². The summed E-state index contributed by atoms with van der Waals surface area (Å²) in [4.78, 5) is 15.7. The molecule has 86 valence electrons. The summed E-state index contributed by atoms with van der Waals surface area (Å²) in [6.07, 6.45) is -0.628. The molecule has 0 aliphatic heterocycles. The number of oxime groups is 1. The van der Waals surface area contributed by atoms with E-state index in [-0.39, 0.29) is 11.2 Å². The maximum Gasteiger partial charge on any atom is 0.433 e. The van der Waals surface area contributed by atoms with Crippen LogP contribution < -0.4 is 5.32 Å². The highest BCUT2D eigenvalue weighted by Crippen LogP contribution is 2.10. The summed E-state index contributed by atoms with van der Waals surface area (Å²) in [6, 6.07) is 9.41. The van der Waals surface area contributed by atoms with Crippen molar-refractivity contribution in [3.63, 3.8) is 0 Å². The highest BCUT2D eigenvalue weighted by Gasteiger charge is 2.09. The van der Waals surface area contributed by atoms with Crippen molar-refractivity contribution >= 4 is 22.9 Å². The summed E-state index contributed by atoms with van der Waals surface area (Å²) in [5.74, 6) is 0. The molecule has 1 atom stereocenters. The fourth-order valence-corrected chi connectivity index (χ4v) is 1.17. The number of hydrogen-bond donors (Lipinski definition) is 1. The average molecular weight is 241 g/mol. The molecule has 0 fully saturated rings. The van der Waals surface area contributed by atoms with Crippen molar-refractivity contribution in [2.24, 2.45) is 5.16 Å². The van der Waals surface area contributed by atoms with Crippen LogP contribution in [0.15, 0.2) is 35.5 Å². The molecule has 0 aliphatic carbocycles. The number of carbonyl (C=O) groups excluding carboxylic acids is 1. The maximum absolute atomic E-state index is 11.2. The third-order valence-electron chi connectivity index (χ3n) is 1.89. The molecule has 0 spiro atoms. The number of rotatable bonds is 3. The fraction of sp³-hybridized carbons (Fsp3) is 0.273. The number of hydrogen-bond acceptors (Lipinski definition) is 3. The third-order valence-corrected chi connectivity index (χ3v) is 1.96. The Kier molecular flexibility index (Phi) is 4.79. The monoisotopic (exact) mass is 240 g/mol. The Hall–Kier alpha value is -1.55. The zero-order valence-electron chi connectivity index (χ0n) is 9.11. The number of nitrogens with zero attached hydrogens (tertiary/aromatic N) is 1. The molecule has 0 aliphatic rings. The van der Waals surface area contributed by atoms with E-state index in [1.54, 1.807) is 0 Å². The number of halogens is 1. The first-order valence-corrected chi connectivity index (χ1v) is 5.20. The normalized spacial score (nSPS) is 13.1. The first kappa shape index (κ1) is 12.5. The van der Waals surface area contributed by atoms with Crippen LogP contribution >= 0.6 is 11.6 Å². The minimum absolute atomic E-state index is 0.139. The molecule has 1 amide bonds. The zero-order chi connectivity index (χ0) is 12.0. The van der Waals surface area contributed by atoms with E-state index >= 15 is 0 Å². The molecule has 4 nitrogen and oxygen atoms in total. The van der Waals surface area contributed by atoms with E-state index in [1.165, 1.54) is 6.92 Å². The highest BCUT2D eigenvalue weighted by atomic mass is 35.5. The van der Waals surface area contributed by atoms with Crippen LogP contribution in [-0.4, -0.2) is 11.3 Å². The van der Waals surface area contributed by atoms with Gasteiger partial charge in [0.25, 0.3) is 0 Å². The summed E-state index contributed by atoms with van der Waals surface area (Å²) < 4.78 is 0. The van der Waals surface area contributed by atoms with Crippen molar-refractivity contribution in [2.75, 3.05) is 0 Å². The molecule has 0 heterocycles. The van der Waals surface area contributed by atoms with Gasteiger partial charge in [0.05, 0.1) is 6.04 Å². The first-order valence-electron chi connectivity index (χ1n) is 4.82. The molecular weight excluding hydrogens is 228 g/mol. The van der Waals surface area contributed by atoms with Gasteiger partial charge in [-0.15, -0.1) is 0 Å². The Balaban J connectivity index is 2.49. The molecule has 1 rings (SSSR count). The molecule has 1 unspecified atom stereocenters. The smallest absolute Gasteiger partial charge is 0.313 e. The summed E-state index contributed by atoms with van der Waals surface area (Å²) >= 11 is 5.42. The number of benzene rings is 1. The van der Waals surface area contributed by atoms with E-state index in [9.17, 15) is 4.79 Å². The van der Waals surface area contributed by atoms with Crippen molar-refractivity contribution in [1.82, 2.24) is 5.32 Å². The quantitative estimate of drug-likeness (QED) is 0.502. The van der Waals surface area contributed by atoms with Crippen molar-refractivity contribution in [3.05, 3.63) is 35.9 Å². The van der Waals surface area contributed by atoms with Crippen molar-refractivity contribution in [2.45, 2.75) is 19.9 Å². The van der Waals surface area contributed by atoms with E-state index in [0.29, 0.717) is 0 Å². The predicted octanol–water partition coefficient (Wildman–Crippen LogP) is 3.05. The lowest BCUT2D eigenvalue weighted by atomic mass is 10.1. The number of carbonyl (C=O) groups is 1. The Bertz CT molecular complexity index is 375. The van der Waals surface area contributed by atoms with Gasteiger partial charge in [0.2, 0.25) is 0 Å². The molecule has 0 radical (unpaired) electrons. The van der Waals surface area contributed by atoms with Gasteiger partial charge in [-0.25, -0.2) is 4.79 Å². The van der Waals surface area contributed by atoms with E-state index in [1.807, 2.05) is 37.3 Å². The number of nitrogens with one attached hydrogen (secondary N) is 1. The Morgan fingerprint density at radius 2 is 2.06 bits per heavy atom. The van der Waals surface area contributed by atoms with Crippen LogP contribution in [0, 0.1) is 0 Å². The Labute approximate surface area is 99.2 Å². The maximum atomic E-state index is 11.2. The topological polar surface area (TPSA) is 50.7 Å². The summed E-state index contributed by atoms with van der Waals surface area (Å²) in [5.41, 5.74) is 0.992. The van der Waals surface area contributed by atoms with Gasteiger partial charge in [-0.1, -0.05) is 47.1 Å².